The Balaban J connectivity index is 1.19. The maximum absolute atomic E-state index is 6.46. The summed E-state index contributed by atoms with van der Waals surface area (Å²) in [7, 11) is 0. The van der Waals surface area contributed by atoms with Gasteiger partial charge in [0.15, 0.2) is 5.58 Å². The first-order valence-corrected chi connectivity index (χ1v) is 16.5. The molecule has 0 N–H and O–H groups in total. The van der Waals surface area contributed by atoms with E-state index in [-0.39, 0.29) is 5.41 Å². The molecule has 0 unspecified atom stereocenters. The minimum atomic E-state index is 0.0816. The summed E-state index contributed by atoms with van der Waals surface area (Å²) in [6, 6.07) is 52.4. The van der Waals surface area contributed by atoms with Crippen LogP contribution in [-0.2, 0) is 5.41 Å². The monoisotopic (exact) mass is 618 g/mol. The Morgan fingerprint density at radius 3 is 1.88 bits per heavy atom. The number of nitrogens with zero attached hydrogens (tertiary/aromatic N) is 2. The standard InChI is InChI=1S/C45H34N2O/c1-45(2,3)34-22-20-29(21-23-34)38-27-33(28-39-43-42(48-44(38)39)19-10-24-46-43)31-12-8-11-30(25-31)32-13-9-14-35(26-32)47-40-17-6-4-15-36(40)37-16-5-7-18-41(37)47/h4-28H,1-3H3. The predicted octanol–water partition coefficient (Wildman–Crippen LogP) is 12.4. The van der Waals surface area contributed by atoms with Crippen LogP contribution in [0.25, 0.3) is 82.9 Å². The lowest BCUT2D eigenvalue weighted by Crippen LogP contribution is -2.10. The third-order valence-corrected chi connectivity index (χ3v) is 9.60. The number of pyridine rings is 1. The first kappa shape index (κ1) is 28.3. The molecule has 0 saturated heterocycles. The maximum Gasteiger partial charge on any atom is 0.153 e. The number of rotatable bonds is 4. The summed E-state index contributed by atoms with van der Waals surface area (Å²) < 4.78 is 8.84. The highest BCUT2D eigenvalue weighted by molar-refractivity contribution is 6.10. The van der Waals surface area contributed by atoms with Gasteiger partial charge in [-0.05, 0) is 93.4 Å². The smallest absolute Gasteiger partial charge is 0.153 e. The Morgan fingerprint density at radius 2 is 1.17 bits per heavy atom. The number of fused-ring (bicyclic) bond motifs is 6. The largest absolute Gasteiger partial charge is 0.454 e. The Morgan fingerprint density at radius 1 is 0.521 bits per heavy atom. The lowest BCUT2D eigenvalue weighted by molar-refractivity contribution is 0.590. The van der Waals surface area contributed by atoms with Gasteiger partial charge in [-0.3, -0.25) is 4.98 Å². The molecule has 3 heterocycles. The minimum Gasteiger partial charge on any atom is -0.454 e. The van der Waals surface area contributed by atoms with Gasteiger partial charge in [0.25, 0.3) is 0 Å². The normalized spacial score (nSPS) is 12.1. The molecular formula is C45H34N2O. The summed E-state index contributed by atoms with van der Waals surface area (Å²) in [5.74, 6) is 0. The van der Waals surface area contributed by atoms with Gasteiger partial charge in [-0.2, -0.15) is 0 Å². The second-order valence-electron chi connectivity index (χ2n) is 13.7. The summed E-state index contributed by atoms with van der Waals surface area (Å²) >= 11 is 0. The molecule has 48 heavy (non-hydrogen) atoms. The van der Waals surface area contributed by atoms with E-state index in [0.717, 1.165) is 50.0 Å². The molecule has 3 nitrogen and oxygen atoms in total. The molecule has 0 bridgehead atoms. The molecule has 0 fully saturated rings. The Hall–Kier alpha value is -5.93. The molecule has 230 valence electrons. The Bertz CT molecular complexity index is 2600. The van der Waals surface area contributed by atoms with Crippen molar-refractivity contribution in [2.75, 3.05) is 0 Å². The first-order valence-electron chi connectivity index (χ1n) is 16.5. The number of benzene rings is 6. The lowest BCUT2D eigenvalue weighted by atomic mass is 9.86. The van der Waals surface area contributed by atoms with Gasteiger partial charge < -0.3 is 8.98 Å². The van der Waals surface area contributed by atoms with Crippen molar-refractivity contribution in [1.82, 2.24) is 9.55 Å². The van der Waals surface area contributed by atoms with E-state index < -0.39 is 0 Å². The zero-order valence-electron chi connectivity index (χ0n) is 27.2. The lowest BCUT2D eigenvalue weighted by Gasteiger charge is -2.19. The van der Waals surface area contributed by atoms with Gasteiger partial charge in [-0.1, -0.05) is 112 Å². The number of para-hydroxylation sites is 2. The second-order valence-corrected chi connectivity index (χ2v) is 13.7. The second kappa shape index (κ2) is 10.8. The summed E-state index contributed by atoms with van der Waals surface area (Å²) in [6.07, 6.45) is 1.84. The molecule has 9 rings (SSSR count). The van der Waals surface area contributed by atoms with E-state index in [1.165, 1.54) is 38.5 Å². The zero-order chi connectivity index (χ0) is 32.4. The first-order chi connectivity index (χ1) is 23.4. The zero-order valence-corrected chi connectivity index (χ0v) is 27.2. The highest BCUT2D eigenvalue weighted by Crippen LogP contribution is 2.40. The van der Waals surface area contributed by atoms with Crippen molar-refractivity contribution in [2.24, 2.45) is 0 Å². The van der Waals surface area contributed by atoms with Gasteiger partial charge in [0, 0.05) is 33.6 Å². The SMILES string of the molecule is CC(C)(C)c1ccc(-c2cc(-c3cccc(-c4cccc(-n5c6ccccc6c6ccccc65)c4)c3)cc3c2oc2cccnc23)cc1. The molecule has 0 atom stereocenters. The van der Waals surface area contributed by atoms with E-state index >= 15 is 0 Å². The van der Waals surface area contributed by atoms with Gasteiger partial charge >= 0.3 is 0 Å². The van der Waals surface area contributed by atoms with Crippen LogP contribution in [0.2, 0.25) is 0 Å². The number of aromatic nitrogens is 2. The quantitative estimate of drug-likeness (QED) is 0.196. The minimum absolute atomic E-state index is 0.0816. The van der Waals surface area contributed by atoms with Crippen molar-refractivity contribution in [1.29, 1.82) is 0 Å². The van der Waals surface area contributed by atoms with Crippen LogP contribution in [-0.4, -0.2) is 9.55 Å². The number of hydrogen-bond acceptors (Lipinski definition) is 2. The maximum atomic E-state index is 6.46. The van der Waals surface area contributed by atoms with Crippen LogP contribution in [0.15, 0.2) is 156 Å². The average Bonchev–Trinajstić information content (AvgIpc) is 3.67. The van der Waals surface area contributed by atoms with Crippen LogP contribution in [0.1, 0.15) is 26.3 Å². The molecule has 3 heteroatoms. The van der Waals surface area contributed by atoms with Gasteiger partial charge in [0.1, 0.15) is 11.1 Å². The van der Waals surface area contributed by atoms with E-state index in [1.54, 1.807) is 0 Å². The topological polar surface area (TPSA) is 31.0 Å². The molecule has 3 aromatic heterocycles. The fourth-order valence-electron chi connectivity index (χ4n) is 7.13. The van der Waals surface area contributed by atoms with Gasteiger partial charge in [-0.25, -0.2) is 0 Å². The molecule has 0 aliphatic rings. The average molecular weight is 619 g/mol. The fourth-order valence-corrected chi connectivity index (χ4v) is 7.13. The van der Waals surface area contributed by atoms with Gasteiger partial charge in [-0.15, -0.1) is 0 Å². The van der Waals surface area contributed by atoms with E-state index in [9.17, 15) is 0 Å². The van der Waals surface area contributed by atoms with Crippen molar-refractivity contribution < 1.29 is 4.42 Å². The van der Waals surface area contributed by atoms with Crippen molar-refractivity contribution in [3.63, 3.8) is 0 Å². The molecule has 0 spiro atoms. The van der Waals surface area contributed by atoms with Crippen LogP contribution in [0, 0.1) is 0 Å². The highest BCUT2D eigenvalue weighted by Gasteiger charge is 2.18. The fraction of sp³-hybridized carbons (Fsp3) is 0.0889. The molecule has 0 radical (unpaired) electrons. The van der Waals surface area contributed by atoms with Crippen molar-refractivity contribution in [3.05, 3.63) is 157 Å². The van der Waals surface area contributed by atoms with Gasteiger partial charge in [0.05, 0.1) is 11.0 Å². The van der Waals surface area contributed by atoms with Crippen LogP contribution in [0.4, 0.5) is 0 Å². The van der Waals surface area contributed by atoms with Crippen LogP contribution in [0.3, 0.4) is 0 Å². The summed E-state index contributed by atoms with van der Waals surface area (Å²) in [5.41, 5.74) is 14.3. The van der Waals surface area contributed by atoms with E-state index in [2.05, 4.69) is 159 Å². The highest BCUT2D eigenvalue weighted by atomic mass is 16.3. The van der Waals surface area contributed by atoms with Crippen molar-refractivity contribution in [3.8, 4) is 39.1 Å². The van der Waals surface area contributed by atoms with E-state index in [0.29, 0.717) is 0 Å². The summed E-state index contributed by atoms with van der Waals surface area (Å²) in [4.78, 5) is 4.73. The molecule has 0 aliphatic heterocycles. The van der Waals surface area contributed by atoms with Crippen LogP contribution in [0.5, 0.6) is 0 Å². The van der Waals surface area contributed by atoms with Crippen LogP contribution >= 0.6 is 0 Å². The molecule has 0 aliphatic carbocycles. The Kier molecular flexibility index (Phi) is 6.38. The summed E-state index contributed by atoms with van der Waals surface area (Å²) in [6.45, 7) is 6.74. The molecule has 0 saturated carbocycles. The van der Waals surface area contributed by atoms with Crippen LogP contribution < -0.4 is 0 Å². The molecular weight excluding hydrogens is 585 g/mol. The van der Waals surface area contributed by atoms with Crippen molar-refractivity contribution in [2.45, 2.75) is 26.2 Å². The van der Waals surface area contributed by atoms with Crippen molar-refractivity contribution >= 4 is 43.9 Å². The van der Waals surface area contributed by atoms with E-state index in [1.807, 2.05) is 18.3 Å². The number of hydrogen-bond donors (Lipinski definition) is 0. The van der Waals surface area contributed by atoms with E-state index in [4.69, 9.17) is 9.40 Å². The third kappa shape index (κ3) is 4.62. The third-order valence-electron chi connectivity index (χ3n) is 9.60. The number of furan rings is 1. The predicted molar refractivity (Wildman–Crippen MR) is 201 cm³/mol. The summed E-state index contributed by atoms with van der Waals surface area (Å²) in [5, 5.41) is 3.55. The Labute approximate surface area is 279 Å². The molecule has 9 aromatic rings. The molecule has 0 amide bonds. The molecule has 6 aromatic carbocycles. The van der Waals surface area contributed by atoms with Gasteiger partial charge in [0.2, 0.25) is 0 Å².